The summed E-state index contributed by atoms with van der Waals surface area (Å²) in [5, 5.41) is 11.8. The lowest BCUT2D eigenvalue weighted by Gasteiger charge is -2.11. The molecule has 162 valence electrons. The molecule has 2 aromatic heterocycles. The first-order chi connectivity index (χ1) is 15.6. The molecule has 0 aliphatic rings. The molecular weight excluding hydrogens is 452 g/mol. The number of nitrogens with zero attached hydrogens (tertiary/aromatic N) is 4. The van der Waals surface area contributed by atoms with Crippen LogP contribution < -0.4 is 5.32 Å². The normalized spacial score (nSPS) is 11.0. The minimum atomic E-state index is -2.57. The highest BCUT2D eigenvalue weighted by molar-refractivity contribution is 8.00. The lowest BCUT2D eigenvalue weighted by molar-refractivity contribution is -0.113. The van der Waals surface area contributed by atoms with Crippen LogP contribution in [0.2, 0.25) is 0 Å². The first-order valence-electron chi connectivity index (χ1n) is 9.49. The summed E-state index contributed by atoms with van der Waals surface area (Å²) in [4.78, 5) is 17.0. The second-order valence-electron chi connectivity index (χ2n) is 6.43. The highest BCUT2D eigenvalue weighted by Crippen LogP contribution is 2.32. The maximum Gasteiger partial charge on any atom is 0.288 e. The topological polar surface area (TPSA) is 72.7 Å². The van der Waals surface area contributed by atoms with Crippen molar-refractivity contribution in [2.24, 2.45) is 0 Å². The van der Waals surface area contributed by atoms with Crippen molar-refractivity contribution in [2.75, 3.05) is 11.1 Å². The summed E-state index contributed by atoms with van der Waals surface area (Å²) < 4.78 is 27.4. The van der Waals surface area contributed by atoms with E-state index in [-0.39, 0.29) is 11.7 Å². The number of anilines is 1. The first kappa shape index (κ1) is 22.0. The second-order valence-corrected chi connectivity index (χ2v) is 8.40. The molecule has 10 heteroatoms. The standard InChI is InChI=1S/C22H17F2N5OS2/c23-21(24)32-18-11-5-4-10-17(18)26-19(30)14-31-22-28-27-20(15-7-6-12-25-13-15)29(22)16-8-2-1-3-9-16/h1-13,21H,14H2,(H,26,30). The van der Waals surface area contributed by atoms with Crippen LogP contribution in [0, 0.1) is 0 Å². The lowest BCUT2D eigenvalue weighted by atomic mass is 10.2. The van der Waals surface area contributed by atoms with Crippen molar-refractivity contribution in [1.29, 1.82) is 0 Å². The molecule has 6 nitrogen and oxygen atoms in total. The van der Waals surface area contributed by atoms with E-state index in [1.165, 1.54) is 11.8 Å². The van der Waals surface area contributed by atoms with Crippen LogP contribution in [-0.4, -0.2) is 37.2 Å². The van der Waals surface area contributed by atoms with Gasteiger partial charge in [-0.15, -0.1) is 10.2 Å². The number of aromatic nitrogens is 4. The Labute approximate surface area is 191 Å². The van der Waals surface area contributed by atoms with Crippen molar-refractivity contribution in [3.8, 4) is 17.1 Å². The van der Waals surface area contributed by atoms with Crippen LogP contribution in [0.3, 0.4) is 0 Å². The molecule has 4 aromatic rings. The van der Waals surface area contributed by atoms with Crippen molar-refractivity contribution < 1.29 is 13.6 Å². The molecule has 0 saturated heterocycles. The highest BCUT2D eigenvalue weighted by Gasteiger charge is 2.18. The van der Waals surface area contributed by atoms with Gasteiger partial charge in [-0.1, -0.05) is 53.9 Å². The predicted octanol–water partition coefficient (Wildman–Crippen LogP) is 5.37. The molecule has 2 heterocycles. The van der Waals surface area contributed by atoms with E-state index in [4.69, 9.17) is 0 Å². The van der Waals surface area contributed by atoms with E-state index in [1.807, 2.05) is 47.0 Å². The van der Waals surface area contributed by atoms with Crippen LogP contribution in [0.1, 0.15) is 0 Å². The van der Waals surface area contributed by atoms with Gasteiger partial charge in [-0.2, -0.15) is 8.78 Å². The summed E-state index contributed by atoms with van der Waals surface area (Å²) in [7, 11) is 0. The van der Waals surface area contributed by atoms with Crippen LogP contribution >= 0.6 is 23.5 Å². The fourth-order valence-electron chi connectivity index (χ4n) is 2.94. The largest absolute Gasteiger partial charge is 0.324 e. The number of carbonyl (C=O) groups excluding carboxylic acids is 1. The van der Waals surface area contributed by atoms with E-state index in [9.17, 15) is 13.6 Å². The number of rotatable bonds is 8. The number of thioether (sulfide) groups is 2. The zero-order chi connectivity index (χ0) is 22.3. The van der Waals surface area contributed by atoms with Gasteiger partial charge in [-0.25, -0.2) is 0 Å². The molecule has 1 amide bonds. The summed E-state index contributed by atoms with van der Waals surface area (Å²) >= 11 is 1.60. The molecule has 2 aromatic carbocycles. The van der Waals surface area contributed by atoms with E-state index < -0.39 is 5.76 Å². The van der Waals surface area contributed by atoms with Crippen molar-refractivity contribution >= 4 is 35.1 Å². The molecule has 0 bridgehead atoms. The average Bonchev–Trinajstić information content (AvgIpc) is 3.24. The van der Waals surface area contributed by atoms with Gasteiger partial charge < -0.3 is 5.32 Å². The summed E-state index contributed by atoms with van der Waals surface area (Å²) in [5.74, 6) is -2.27. The molecular formula is C22H17F2N5OS2. The van der Waals surface area contributed by atoms with Gasteiger partial charge in [0.05, 0.1) is 11.4 Å². The molecule has 1 N–H and O–H groups in total. The summed E-state index contributed by atoms with van der Waals surface area (Å²) in [6.45, 7) is 0. The summed E-state index contributed by atoms with van der Waals surface area (Å²) in [6, 6.07) is 19.7. The Morgan fingerprint density at radius 1 is 1.00 bits per heavy atom. The minimum absolute atomic E-state index is 0.0334. The third-order valence-corrected chi connectivity index (χ3v) is 5.99. The Balaban J connectivity index is 1.54. The minimum Gasteiger partial charge on any atom is -0.324 e. The number of hydrogen-bond acceptors (Lipinski definition) is 6. The van der Waals surface area contributed by atoms with Crippen LogP contribution in [0.25, 0.3) is 17.1 Å². The number of alkyl halides is 2. The molecule has 0 atom stereocenters. The smallest absolute Gasteiger partial charge is 0.288 e. The van der Waals surface area contributed by atoms with Crippen molar-refractivity contribution in [1.82, 2.24) is 19.7 Å². The maximum absolute atomic E-state index is 12.8. The van der Waals surface area contributed by atoms with Crippen LogP contribution in [-0.2, 0) is 4.79 Å². The fraction of sp³-hybridized carbons (Fsp3) is 0.0909. The Morgan fingerprint density at radius 3 is 2.53 bits per heavy atom. The maximum atomic E-state index is 12.8. The number of carbonyl (C=O) groups is 1. The van der Waals surface area contributed by atoms with E-state index in [2.05, 4.69) is 20.5 Å². The van der Waals surface area contributed by atoms with Gasteiger partial charge >= 0.3 is 0 Å². The van der Waals surface area contributed by atoms with Crippen LogP contribution in [0.15, 0.2) is 89.2 Å². The van der Waals surface area contributed by atoms with Gasteiger partial charge in [0.2, 0.25) is 5.91 Å². The average molecular weight is 470 g/mol. The molecule has 0 radical (unpaired) electrons. The van der Waals surface area contributed by atoms with Gasteiger partial charge in [0.25, 0.3) is 5.76 Å². The van der Waals surface area contributed by atoms with Crippen molar-refractivity contribution in [3.05, 3.63) is 79.1 Å². The molecule has 0 aliphatic carbocycles. The van der Waals surface area contributed by atoms with Gasteiger partial charge in [-0.3, -0.25) is 14.3 Å². The quantitative estimate of drug-likeness (QED) is 0.350. The zero-order valence-electron chi connectivity index (χ0n) is 16.6. The fourth-order valence-corrected chi connectivity index (χ4v) is 4.29. The monoisotopic (exact) mass is 469 g/mol. The van der Waals surface area contributed by atoms with Crippen LogP contribution in [0.5, 0.6) is 0 Å². The lowest BCUT2D eigenvalue weighted by Crippen LogP contribution is -2.15. The first-order valence-corrected chi connectivity index (χ1v) is 11.4. The van der Waals surface area contributed by atoms with E-state index in [1.54, 1.807) is 36.7 Å². The second kappa shape index (κ2) is 10.4. The highest BCUT2D eigenvalue weighted by atomic mass is 32.2. The summed E-state index contributed by atoms with van der Waals surface area (Å²) in [5.41, 5.74) is 1.99. The number of amides is 1. The Bertz CT molecular complexity index is 1190. The van der Waals surface area contributed by atoms with Gasteiger partial charge in [-0.05, 0) is 36.4 Å². The van der Waals surface area contributed by atoms with Crippen LogP contribution in [0.4, 0.5) is 14.5 Å². The molecule has 32 heavy (non-hydrogen) atoms. The van der Waals surface area contributed by atoms with E-state index in [0.29, 0.717) is 33.3 Å². The third kappa shape index (κ3) is 5.32. The molecule has 0 aliphatic heterocycles. The summed E-state index contributed by atoms with van der Waals surface area (Å²) in [6.07, 6.45) is 3.37. The van der Waals surface area contributed by atoms with Crippen molar-refractivity contribution in [2.45, 2.75) is 15.8 Å². The van der Waals surface area contributed by atoms with E-state index >= 15 is 0 Å². The number of pyridine rings is 1. The Morgan fingerprint density at radius 2 is 1.78 bits per heavy atom. The molecule has 0 fully saturated rings. The predicted molar refractivity (Wildman–Crippen MR) is 122 cm³/mol. The molecule has 4 rings (SSSR count). The van der Waals surface area contributed by atoms with E-state index in [0.717, 1.165) is 11.3 Å². The third-order valence-electron chi connectivity index (χ3n) is 4.28. The molecule has 0 unspecified atom stereocenters. The number of nitrogens with one attached hydrogen (secondary N) is 1. The molecule has 0 saturated carbocycles. The van der Waals surface area contributed by atoms with Gasteiger partial charge in [0.15, 0.2) is 11.0 Å². The van der Waals surface area contributed by atoms with Crippen molar-refractivity contribution in [3.63, 3.8) is 0 Å². The SMILES string of the molecule is O=C(CSc1nnc(-c2cccnc2)n1-c1ccccc1)Nc1ccccc1SC(F)F. The number of para-hydroxylation sites is 2. The number of benzene rings is 2. The Hall–Kier alpha value is -3.24. The molecule has 0 spiro atoms. The Kier molecular flexibility index (Phi) is 7.13. The number of halogens is 2. The zero-order valence-corrected chi connectivity index (χ0v) is 18.2. The van der Waals surface area contributed by atoms with Gasteiger partial charge in [0, 0.05) is 28.5 Å². The number of hydrogen-bond donors (Lipinski definition) is 1. The van der Waals surface area contributed by atoms with Gasteiger partial charge in [0.1, 0.15) is 0 Å².